The van der Waals surface area contributed by atoms with Crippen molar-refractivity contribution in [1.82, 2.24) is 0 Å². The summed E-state index contributed by atoms with van der Waals surface area (Å²) in [5.74, 6) is -0.240. The Kier molecular flexibility index (Phi) is 2.76. The molecule has 0 aliphatic carbocycles. The summed E-state index contributed by atoms with van der Waals surface area (Å²) < 4.78 is 31.5. The Labute approximate surface area is 106 Å². The Hall–Kier alpha value is -1.31. The normalized spacial score (nSPS) is 11.9. The van der Waals surface area contributed by atoms with Crippen LogP contribution in [0.1, 0.15) is 0 Å². The number of phenolic OH excluding ortho intramolecular Hbond substituents is 1. The second kappa shape index (κ2) is 3.86. The monoisotopic (exact) mass is 317 g/mol. The summed E-state index contributed by atoms with van der Waals surface area (Å²) in [4.78, 5) is -0.381. The summed E-state index contributed by atoms with van der Waals surface area (Å²) in [6.07, 6.45) is 0. The van der Waals surface area contributed by atoms with Gasteiger partial charge in [0.2, 0.25) is 0 Å². The van der Waals surface area contributed by atoms with Crippen LogP contribution in [-0.2, 0) is 10.1 Å². The molecule has 0 spiro atoms. The van der Waals surface area contributed by atoms with Crippen LogP contribution in [0, 0.1) is 0 Å². The Morgan fingerprint density at radius 3 is 2.41 bits per heavy atom. The van der Waals surface area contributed by atoms with Gasteiger partial charge in [-0.15, -0.1) is 0 Å². The van der Waals surface area contributed by atoms with Gasteiger partial charge in [0.15, 0.2) is 0 Å². The average Bonchev–Trinajstić information content (AvgIpc) is 2.22. The fourth-order valence-corrected chi connectivity index (χ4v) is 2.51. The van der Waals surface area contributed by atoms with Crippen molar-refractivity contribution in [2.75, 3.05) is 5.73 Å². The molecule has 0 heterocycles. The maximum Gasteiger partial charge on any atom is 0.294 e. The topological polar surface area (TPSA) is 101 Å². The van der Waals surface area contributed by atoms with Crippen LogP contribution in [-0.4, -0.2) is 18.1 Å². The SMILES string of the molecule is Nc1ccc2c(O)cc(S(=O)(=O)O)cc2c1Br. The number of rotatable bonds is 1. The smallest absolute Gasteiger partial charge is 0.294 e. The number of halogens is 1. The van der Waals surface area contributed by atoms with E-state index in [1.54, 1.807) is 12.1 Å². The van der Waals surface area contributed by atoms with E-state index in [0.29, 0.717) is 20.9 Å². The Morgan fingerprint density at radius 2 is 1.82 bits per heavy atom. The second-order valence-electron chi connectivity index (χ2n) is 3.48. The fourth-order valence-electron chi connectivity index (χ4n) is 1.52. The van der Waals surface area contributed by atoms with E-state index in [9.17, 15) is 13.5 Å². The van der Waals surface area contributed by atoms with Gasteiger partial charge in [-0.1, -0.05) is 0 Å². The van der Waals surface area contributed by atoms with Gasteiger partial charge in [-0.25, -0.2) is 0 Å². The third kappa shape index (κ3) is 2.08. The van der Waals surface area contributed by atoms with Crippen LogP contribution in [0.3, 0.4) is 0 Å². The lowest BCUT2D eigenvalue weighted by molar-refractivity contribution is 0.471. The summed E-state index contributed by atoms with van der Waals surface area (Å²) in [7, 11) is -4.37. The largest absolute Gasteiger partial charge is 0.507 e. The van der Waals surface area contributed by atoms with Gasteiger partial charge in [0.25, 0.3) is 10.1 Å². The molecule has 0 amide bonds. The maximum absolute atomic E-state index is 11.0. The minimum Gasteiger partial charge on any atom is -0.507 e. The van der Waals surface area contributed by atoms with E-state index in [1.165, 1.54) is 6.07 Å². The molecule has 0 aromatic heterocycles. The molecule has 0 radical (unpaired) electrons. The molecular formula is C10H8BrNO4S. The van der Waals surface area contributed by atoms with Crippen LogP contribution < -0.4 is 5.73 Å². The van der Waals surface area contributed by atoms with E-state index in [1.807, 2.05) is 0 Å². The van der Waals surface area contributed by atoms with Crippen LogP contribution in [0.25, 0.3) is 10.8 Å². The fraction of sp³-hybridized carbons (Fsp3) is 0. The molecule has 4 N–H and O–H groups in total. The van der Waals surface area contributed by atoms with E-state index >= 15 is 0 Å². The molecule has 2 aromatic rings. The summed E-state index contributed by atoms with van der Waals surface area (Å²) in [5.41, 5.74) is 6.06. The molecule has 2 aromatic carbocycles. The number of benzene rings is 2. The summed E-state index contributed by atoms with van der Waals surface area (Å²) >= 11 is 3.20. The van der Waals surface area contributed by atoms with E-state index < -0.39 is 10.1 Å². The highest BCUT2D eigenvalue weighted by atomic mass is 79.9. The lowest BCUT2D eigenvalue weighted by atomic mass is 10.1. The Bertz CT molecular complexity index is 712. The molecule has 0 aliphatic rings. The molecule has 0 saturated heterocycles. The van der Waals surface area contributed by atoms with Crippen molar-refractivity contribution in [3.63, 3.8) is 0 Å². The zero-order valence-corrected chi connectivity index (χ0v) is 10.8. The highest BCUT2D eigenvalue weighted by Gasteiger charge is 2.15. The van der Waals surface area contributed by atoms with Crippen molar-refractivity contribution in [1.29, 1.82) is 0 Å². The van der Waals surface area contributed by atoms with E-state index in [-0.39, 0.29) is 10.6 Å². The number of phenols is 1. The van der Waals surface area contributed by atoms with Gasteiger partial charge in [0.1, 0.15) is 5.75 Å². The van der Waals surface area contributed by atoms with E-state index in [4.69, 9.17) is 10.3 Å². The molecule has 0 saturated carbocycles. The zero-order chi connectivity index (χ0) is 12.8. The lowest BCUT2D eigenvalue weighted by Gasteiger charge is -2.07. The van der Waals surface area contributed by atoms with Crippen LogP contribution in [0.2, 0.25) is 0 Å². The quantitative estimate of drug-likeness (QED) is 0.552. The molecule has 90 valence electrons. The van der Waals surface area contributed by atoms with Crippen molar-refractivity contribution < 1.29 is 18.1 Å². The highest BCUT2D eigenvalue weighted by molar-refractivity contribution is 9.10. The molecule has 0 fully saturated rings. The summed E-state index contributed by atoms with van der Waals surface area (Å²) in [6.45, 7) is 0. The predicted octanol–water partition coefficient (Wildman–Crippen LogP) is 2.14. The van der Waals surface area contributed by atoms with Gasteiger partial charge in [-0.05, 0) is 34.1 Å². The molecule has 2 rings (SSSR count). The van der Waals surface area contributed by atoms with Crippen LogP contribution in [0.4, 0.5) is 5.69 Å². The molecule has 0 unspecified atom stereocenters. The first-order valence-electron chi connectivity index (χ1n) is 4.49. The standard InChI is InChI=1S/C10H8BrNO4S/c11-10-7-3-5(17(14,15)16)4-9(13)6(7)1-2-8(10)12/h1-4,13H,12H2,(H,14,15,16). The van der Waals surface area contributed by atoms with Crippen LogP contribution >= 0.6 is 15.9 Å². The van der Waals surface area contributed by atoms with Crippen LogP contribution in [0.5, 0.6) is 5.75 Å². The van der Waals surface area contributed by atoms with E-state index in [0.717, 1.165) is 6.07 Å². The van der Waals surface area contributed by atoms with Gasteiger partial charge in [-0.2, -0.15) is 8.42 Å². The number of hydrogen-bond donors (Lipinski definition) is 3. The number of nitrogens with two attached hydrogens (primary N) is 1. The number of aromatic hydroxyl groups is 1. The zero-order valence-electron chi connectivity index (χ0n) is 8.38. The molecule has 17 heavy (non-hydrogen) atoms. The lowest BCUT2D eigenvalue weighted by Crippen LogP contribution is -1.98. The van der Waals surface area contributed by atoms with Crippen LogP contribution in [0.15, 0.2) is 33.6 Å². The maximum atomic E-state index is 11.0. The van der Waals surface area contributed by atoms with Gasteiger partial charge >= 0.3 is 0 Å². The van der Waals surface area contributed by atoms with Crippen molar-refractivity contribution in [3.8, 4) is 5.75 Å². The first-order valence-corrected chi connectivity index (χ1v) is 6.72. The molecule has 7 heteroatoms. The summed E-state index contributed by atoms with van der Waals surface area (Å²) in [6, 6.07) is 5.38. The van der Waals surface area contributed by atoms with Crippen molar-refractivity contribution in [3.05, 3.63) is 28.7 Å². The molecule has 0 atom stereocenters. The number of fused-ring (bicyclic) bond motifs is 1. The minimum absolute atomic E-state index is 0.240. The van der Waals surface area contributed by atoms with Gasteiger partial charge in [0, 0.05) is 27.0 Å². The van der Waals surface area contributed by atoms with Crippen molar-refractivity contribution in [2.24, 2.45) is 0 Å². The number of nitrogen functional groups attached to an aromatic ring is 1. The van der Waals surface area contributed by atoms with Gasteiger partial charge < -0.3 is 10.8 Å². The van der Waals surface area contributed by atoms with Gasteiger partial charge in [-0.3, -0.25) is 4.55 Å². The van der Waals surface area contributed by atoms with Gasteiger partial charge in [0.05, 0.1) is 4.90 Å². The first kappa shape index (κ1) is 12.2. The molecular weight excluding hydrogens is 310 g/mol. The third-order valence-corrected chi connectivity index (χ3v) is 4.07. The molecule has 5 nitrogen and oxygen atoms in total. The molecule has 0 bridgehead atoms. The predicted molar refractivity (Wildman–Crippen MR) is 67.5 cm³/mol. The van der Waals surface area contributed by atoms with E-state index in [2.05, 4.69) is 15.9 Å². The second-order valence-corrected chi connectivity index (χ2v) is 5.70. The average molecular weight is 318 g/mol. The highest BCUT2D eigenvalue weighted by Crippen LogP contribution is 2.36. The molecule has 0 aliphatic heterocycles. The minimum atomic E-state index is -4.37. The number of hydrogen-bond acceptors (Lipinski definition) is 4. The van der Waals surface area contributed by atoms with Crippen molar-refractivity contribution in [2.45, 2.75) is 4.90 Å². The van der Waals surface area contributed by atoms with Crippen molar-refractivity contribution >= 4 is 42.5 Å². The number of anilines is 1. The Balaban J connectivity index is 2.94. The third-order valence-electron chi connectivity index (χ3n) is 2.35. The first-order chi connectivity index (χ1) is 7.80. The Morgan fingerprint density at radius 1 is 1.18 bits per heavy atom. The summed E-state index contributed by atoms with van der Waals surface area (Å²) in [5, 5.41) is 10.6.